The molecule has 0 spiro atoms. The van der Waals surface area contributed by atoms with Gasteiger partial charge in [0.05, 0.1) is 40.8 Å². The van der Waals surface area contributed by atoms with E-state index in [0.717, 1.165) is 77.0 Å². The maximum Gasteiger partial charge on any atom is 0.310 e. The molecule has 0 radical (unpaired) electrons. The number of carbonyl (C=O) groups excluding carboxylic acids is 1. The highest BCUT2D eigenvalue weighted by molar-refractivity contribution is 7.45. The number of esters is 1. The zero-order valence-corrected chi connectivity index (χ0v) is 37.4. The van der Waals surface area contributed by atoms with Crippen molar-refractivity contribution in [1.29, 1.82) is 0 Å². The minimum absolute atomic E-state index is 0.000588. The first-order valence-electron chi connectivity index (χ1n) is 21.6. The van der Waals surface area contributed by atoms with Gasteiger partial charge in [-0.05, 0) is 77.0 Å². The van der Waals surface area contributed by atoms with Crippen LogP contribution in [0.2, 0.25) is 0 Å². The van der Waals surface area contributed by atoms with Crippen LogP contribution in [0.3, 0.4) is 0 Å². The molecule has 0 aromatic carbocycles. The zero-order valence-electron chi connectivity index (χ0n) is 36.5. The van der Waals surface area contributed by atoms with Gasteiger partial charge in [0.15, 0.2) is 0 Å². The summed E-state index contributed by atoms with van der Waals surface area (Å²) >= 11 is 0. The molecule has 0 aromatic heterocycles. The van der Waals surface area contributed by atoms with Crippen LogP contribution in [0.25, 0.3) is 0 Å². The van der Waals surface area contributed by atoms with Crippen LogP contribution < -0.4 is 4.89 Å². The van der Waals surface area contributed by atoms with Crippen LogP contribution in [0, 0.1) is 0 Å². The smallest absolute Gasteiger partial charge is 0.310 e. The Morgan fingerprint density at radius 3 is 1.44 bits per heavy atom. The highest BCUT2D eigenvalue weighted by atomic mass is 31.2. The molecule has 9 heteroatoms. The minimum atomic E-state index is -4.56. The highest BCUT2D eigenvalue weighted by Gasteiger charge is 2.20. The first-order chi connectivity index (χ1) is 27.6. The van der Waals surface area contributed by atoms with Crippen molar-refractivity contribution >= 4 is 13.8 Å². The maximum absolute atomic E-state index is 12.6. The van der Waals surface area contributed by atoms with Gasteiger partial charge < -0.3 is 27.9 Å². The number of quaternary nitrogens is 1. The van der Waals surface area contributed by atoms with Crippen molar-refractivity contribution in [2.24, 2.45) is 0 Å². The zero-order chi connectivity index (χ0) is 42.0. The molecule has 8 nitrogen and oxygen atoms in total. The summed E-state index contributed by atoms with van der Waals surface area (Å²) in [6, 6.07) is 0. The number of phosphoric acid groups is 1. The Labute approximate surface area is 349 Å². The number of carbonyl (C=O) groups is 1. The van der Waals surface area contributed by atoms with E-state index in [9.17, 15) is 14.3 Å². The van der Waals surface area contributed by atoms with Crippen LogP contribution in [-0.2, 0) is 27.9 Å². The number of likely N-dealkylation sites (N-methyl/N-ethyl adjacent to an activating group) is 1. The third kappa shape index (κ3) is 44.1. The van der Waals surface area contributed by atoms with Crippen LogP contribution in [-0.4, -0.2) is 70.7 Å². The highest BCUT2D eigenvalue weighted by Crippen LogP contribution is 2.38. The molecule has 2 atom stereocenters. The van der Waals surface area contributed by atoms with Gasteiger partial charge in [-0.15, -0.1) is 0 Å². The number of rotatable bonds is 38. The molecule has 0 saturated carbocycles. The second-order valence-corrected chi connectivity index (χ2v) is 16.4. The van der Waals surface area contributed by atoms with Gasteiger partial charge in [-0.3, -0.25) is 9.36 Å². The first-order valence-corrected chi connectivity index (χ1v) is 23.1. The number of nitrogens with zero attached hydrogens (tertiary/aromatic N) is 1. The first kappa shape index (κ1) is 54.2. The summed E-state index contributed by atoms with van der Waals surface area (Å²) in [6.45, 7) is 4.98. The fraction of sp³-hybridized carbons (Fsp3) is 0.604. The van der Waals surface area contributed by atoms with E-state index in [1.54, 1.807) is 6.08 Å². The van der Waals surface area contributed by atoms with E-state index in [2.05, 4.69) is 111 Å². The molecule has 0 bridgehead atoms. The van der Waals surface area contributed by atoms with E-state index in [1.807, 2.05) is 27.2 Å². The molecule has 2 unspecified atom stereocenters. The fourth-order valence-corrected chi connectivity index (χ4v) is 5.81. The molecule has 0 amide bonds. The molecule has 57 heavy (non-hydrogen) atoms. The molecule has 0 aliphatic carbocycles. The van der Waals surface area contributed by atoms with Gasteiger partial charge in [-0.1, -0.05) is 155 Å². The van der Waals surface area contributed by atoms with Crippen molar-refractivity contribution in [2.45, 2.75) is 136 Å². The topological polar surface area (TPSA) is 94.1 Å². The Hall–Kier alpha value is -2.84. The van der Waals surface area contributed by atoms with Crippen LogP contribution >= 0.6 is 7.82 Å². The van der Waals surface area contributed by atoms with E-state index >= 15 is 0 Å². The molecule has 0 rings (SSSR count). The summed E-state index contributed by atoms with van der Waals surface area (Å²) in [4.78, 5) is 25.0. The second-order valence-electron chi connectivity index (χ2n) is 15.0. The Morgan fingerprint density at radius 1 is 0.544 bits per heavy atom. The van der Waals surface area contributed by atoms with Crippen LogP contribution in [0.15, 0.2) is 109 Å². The fourth-order valence-electron chi connectivity index (χ4n) is 5.08. The number of unbranched alkanes of at least 4 members (excludes halogenated alkanes) is 7. The third-order valence-electron chi connectivity index (χ3n) is 8.35. The summed E-state index contributed by atoms with van der Waals surface area (Å²) in [5.41, 5.74) is 0. The van der Waals surface area contributed by atoms with Crippen molar-refractivity contribution in [3.63, 3.8) is 0 Å². The van der Waals surface area contributed by atoms with Crippen LogP contribution in [0.1, 0.15) is 129 Å². The summed E-state index contributed by atoms with van der Waals surface area (Å²) in [7, 11) is 1.27. The Morgan fingerprint density at radius 2 is 0.965 bits per heavy atom. The van der Waals surface area contributed by atoms with Gasteiger partial charge >= 0.3 is 5.97 Å². The van der Waals surface area contributed by atoms with E-state index in [4.69, 9.17) is 18.5 Å². The summed E-state index contributed by atoms with van der Waals surface area (Å²) in [5, 5.41) is 0. The van der Waals surface area contributed by atoms with Gasteiger partial charge in [0.1, 0.15) is 19.3 Å². The lowest BCUT2D eigenvalue weighted by molar-refractivity contribution is -0.870. The minimum Gasteiger partial charge on any atom is -0.756 e. The van der Waals surface area contributed by atoms with Crippen molar-refractivity contribution in [2.75, 3.05) is 54.1 Å². The standard InChI is InChI=1S/C48H80NO7P/c1-6-8-10-12-14-16-18-20-22-23-24-25-26-28-30-32-34-36-38-40-43-53-45-47(46-55-57(51,52)54-44-42-49(3,4)5)56-48(50)41-39-37-35-33-31-29-27-21-19-17-15-13-11-9-7-2/h8-11,14-17,20-22,24-25,27,31,33,37,39,47H,6-7,12-13,18-19,23,26,28-30,32,34-36,38,40-46H2,1-5H3/b10-8-,11-9-,16-14-,17-15-,22-20-,25-24-,27-21-,33-31-,39-37-. The lowest BCUT2D eigenvalue weighted by Gasteiger charge is -2.28. The Balaban J connectivity index is 4.39. The van der Waals surface area contributed by atoms with Crippen molar-refractivity contribution < 1.29 is 37.3 Å². The molecule has 0 heterocycles. The molecule has 324 valence electrons. The molecule has 0 fully saturated rings. The van der Waals surface area contributed by atoms with Crippen LogP contribution in [0.4, 0.5) is 0 Å². The van der Waals surface area contributed by atoms with Gasteiger partial charge in [-0.25, -0.2) is 0 Å². The average Bonchev–Trinajstić information content (AvgIpc) is 3.16. The van der Waals surface area contributed by atoms with Gasteiger partial charge in [0, 0.05) is 6.61 Å². The second kappa shape index (κ2) is 40.0. The summed E-state index contributed by atoms with van der Waals surface area (Å²) in [6.07, 6.45) is 55.6. The molecular formula is C48H80NO7P. The lowest BCUT2D eigenvalue weighted by Crippen LogP contribution is -2.37. The van der Waals surface area contributed by atoms with Crippen molar-refractivity contribution in [3.05, 3.63) is 109 Å². The third-order valence-corrected chi connectivity index (χ3v) is 9.32. The van der Waals surface area contributed by atoms with E-state index < -0.39 is 19.9 Å². The van der Waals surface area contributed by atoms with Gasteiger partial charge in [-0.2, -0.15) is 0 Å². The Bertz CT molecular complexity index is 1270. The normalized spacial score (nSPS) is 14.8. The number of hydrogen-bond donors (Lipinski definition) is 0. The van der Waals surface area contributed by atoms with E-state index in [1.165, 1.54) is 25.7 Å². The number of hydrogen-bond acceptors (Lipinski definition) is 7. The van der Waals surface area contributed by atoms with Gasteiger partial charge in [0.25, 0.3) is 7.82 Å². The molecule has 0 aliphatic heterocycles. The number of ether oxygens (including phenoxy) is 2. The number of phosphoric ester groups is 1. The van der Waals surface area contributed by atoms with Gasteiger partial charge in [0.2, 0.25) is 0 Å². The van der Waals surface area contributed by atoms with E-state index in [0.29, 0.717) is 24.1 Å². The quantitative estimate of drug-likeness (QED) is 0.0201. The predicted octanol–water partition coefficient (Wildman–Crippen LogP) is 12.2. The summed E-state index contributed by atoms with van der Waals surface area (Å²) < 4.78 is 34.4. The maximum atomic E-state index is 12.6. The largest absolute Gasteiger partial charge is 0.756 e. The monoisotopic (exact) mass is 814 g/mol. The molecule has 0 N–H and O–H groups in total. The summed E-state index contributed by atoms with van der Waals surface area (Å²) in [5.74, 6) is -0.470. The van der Waals surface area contributed by atoms with E-state index in [-0.39, 0.29) is 26.2 Å². The average molecular weight is 814 g/mol. The SMILES string of the molecule is CC/C=C\C/C=C\C/C=C\C/C=C\C/C=C\CC(=O)OC(COCCCCCCCCC/C=C\C/C=C\C/C=C\C/C=C\CC)COP(=O)([O-])OCC[N+](C)(C)C. The van der Waals surface area contributed by atoms with Crippen molar-refractivity contribution in [3.8, 4) is 0 Å². The van der Waals surface area contributed by atoms with Crippen molar-refractivity contribution in [1.82, 2.24) is 0 Å². The lowest BCUT2D eigenvalue weighted by atomic mass is 10.1. The number of allylic oxidation sites excluding steroid dienone is 17. The molecular weight excluding hydrogens is 734 g/mol. The van der Waals surface area contributed by atoms with Crippen LogP contribution in [0.5, 0.6) is 0 Å². The molecule has 0 aliphatic rings. The molecule has 0 saturated heterocycles. The Kier molecular flexibility index (Phi) is 38.0. The molecule has 0 aromatic rings. The predicted molar refractivity (Wildman–Crippen MR) is 240 cm³/mol.